The number of nitrogens with zero attached hydrogens (tertiary/aromatic N) is 2. The fraction of sp³-hybridized carbons (Fsp3) is 0.571. The van der Waals surface area contributed by atoms with Crippen molar-refractivity contribution >= 4 is 6.03 Å². The summed E-state index contributed by atoms with van der Waals surface area (Å²) >= 11 is 0. The fourth-order valence-electron chi connectivity index (χ4n) is 2.16. The third-order valence-corrected chi connectivity index (χ3v) is 3.15. The summed E-state index contributed by atoms with van der Waals surface area (Å²) in [6, 6.07) is -0.384. The van der Waals surface area contributed by atoms with E-state index in [0.717, 1.165) is 17.7 Å². The quantitative estimate of drug-likeness (QED) is 0.749. The van der Waals surface area contributed by atoms with E-state index in [0.29, 0.717) is 12.3 Å². The van der Waals surface area contributed by atoms with Crippen LogP contribution in [0.25, 0.3) is 0 Å². The van der Waals surface area contributed by atoms with Gasteiger partial charge in [0.05, 0.1) is 18.3 Å². The molecule has 0 fully saturated rings. The molecule has 1 heterocycles. The molecule has 2 N–H and O–H groups in total. The summed E-state index contributed by atoms with van der Waals surface area (Å²) in [6.45, 7) is 9.88. The number of aliphatic hydroxyl groups is 1. The first-order valence-electron chi connectivity index (χ1n) is 6.75. The second-order valence-corrected chi connectivity index (χ2v) is 4.61. The molecular formula is C14H23N3O3. The van der Waals surface area contributed by atoms with Gasteiger partial charge in [0.15, 0.2) is 0 Å². The van der Waals surface area contributed by atoms with Gasteiger partial charge in [0.1, 0.15) is 5.76 Å². The highest BCUT2D eigenvalue weighted by molar-refractivity contribution is 5.75. The molecule has 0 aliphatic rings. The number of hydrogen-bond donors (Lipinski definition) is 2. The van der Waals surface area contributed by atoms with Gasteiger partial charge in [-0.2, -0.15) is 0 Å². The lowest BCUT2D eigenvalue weighted by atomic mass is 10.0. The zero-order chi connectivity index (χ0) is 15.1. The van der Waals surface area contributed by atoms with Crippen molar-refractivity contribution in [1.82, 2.24) is 15.4 Å². The molecule has 20 heavy (non-hydrogen) atoms. The van der Waals surface area contributed by atoms with Crippen LogP contribution in [0.2, 0.25) is 0 Å². The van der Waals surface area contributed by atoms with Crippen molar-refractivity contribution in [3.05, 3.63) is 29.7 Å². The van der Waals surface area contributed by atoms with E-state index in [-0.39, 0.29) is 25.2 Å². The molecule has 2 amide bonds. The van der Waals surface area contributed by atoms with Gasteiger partial charge in [-0.05, 0) is 20.3 Å². The van der Waals surface area contributed by atoms with Gasteiger partial charge in [-0.1, -0.05) is 18.2 Å². The molecule has 0 radical (unpaired) electrons. The molecule has 0 saturated carbocycles. The number of nitrogens with one attached hydrogen (secondary N) is 1. The maximum Gasteiger partial charge on any atom is 0.318 e. The third-order valence-electron chi connectivity index (χ3n) is 3.15. The molecule has 0 spiro atoms. The Labute approximate surface area is 119 Å². The number of urea groups is 1. The topological polar surface area (TPSA) is 78.6 Å². The monoisotopic (exact) mass is 281 g/mol. The van der Waals surface area contributed by atoms with E-state index in [9.17, 15) is 4.79 Å². The number of amides is 2. The predicted molar refractivity (Wildman–Crippen MR) is 76.4 cm³/mol. The van der Waals surface area contributed by atoms with Crippen molar-refractivity contribution in [2.45, 2.75) is 33.2 Å². The summed E-state index contributed by atoms with van der Waals surface area (Å²) in [7, 11) is 0. The number of aromatic nitrogens is 1. The van der Waals surface area contributed by atoms with Gasteiger partial charge in [-0.15, -0.1) is 6.58 Å². The molecule has 0 aromatic carbocycles. The molecule has 1 aromatic rings. The van der Waals surface area contributed by atoms with E-state index in [4.69, 9.17) is 9.63 Å². The summed E-state index contributed by atoms with van der Waals surface area (Å²) < 4.78 is 5.14. The summed E-state index contributed by atoms with van der Waals surface area (Å²) in [6.07, 6.45) is 2.36. The van der Waals surface area contributed by atoms with Crippen LogP contribution >= 0.6 is 0 Å². The van der Waals surface area contributed by atoms with Gasteiger partial charge in [-0.3, -0.25) is 0 Å². The lowest BCUT2D eigenvalue weighted by molar-refractivity contribution is 0.180. The Morgan fingerprint density at radius 3 is 2.75 bits per heavy atom. The summed E-state index contributed by atoms with van der Waals surface area (Å²) in [5.41, 5.74) is 1.70. The van der Waals surface area contributed by atoms with Crippen molar-refractivity contribution in [3.63, 3.8) is 0 Å². The molecule has 112 valence electrons. The van der Waals surface area contributed by atoms with Crippen LogP contribution in [0.15, 0.2) is 17.2 Å². The lowest BCUT2D eigenvalue weighted by Gasteiger charge is -2.24. The Morgan fingerprint density at radius 1 is 1.60 bits per heavy atom. The van der Waals surface area contributed by atoms with Crippen LogP contribution in [0.1, 0.15) is 36.4 Å². The van der Waals surface area contributed by atoms with Gasteiger partial charge < -0.3 is 19.8 Å². The Balaban J connectivity index is 2.82. The van der Waals surface area contributed by atoms with Crippen LogP contribution < -0.4 is 5.32 Å². The van der Waals surface area contributed by atoms with Crippen LogP contribution in [-0.2, 0) is 0 Å². The Kier molecular flexibility index (Phi) is 6.24. The minimum atomic E-state index is -0.231. The molecule has 0 bridgehead atoms. The van der Waals surface area contributed by atoms with E-state index >= 15 is 0 Å². The van der Waals surface area contributed by atoms with E-state index in [1.165, 1.54) is 4.90 Å². The number of rotatable bonds is 7. The fourth-order valence-corrected chi connectivity index (χ4v) is 2.16. The molecule has 1 aromatic heterocycles. The third kappa shape index (κ3) is 3.84. The molecule has 0 aliphatic carbocycles. The zero-order valence-corrected chi connectivity index (χ0v) is 12.3. The molecule has 6 heteroatoms. The zero-order valence-electron chi connectivity index (χ0n) is 12.3. The maximum atomic E-state index is 12.2. The smallest absolute Gasteiger partial charge is 0.318 e. The van der Waals surface area contributed by atoms with Crippen molar-refractivity contribution < 1.29 is 14.4 Å². The van der Waals surface area contributed by atoms with Gasteiger partial charge >= 0.3 is 6.03 Å². The molecule has 1 atom stereocenters. The van der Waals surface area contributed by atoms with Crippen molar-refractivity contribution in [1.29, 1.82) is 0 Å². The number of aryl methyl sites for hydroxylation is 2. The summed E-state index contributed by atoms with van der Waals surface area (Å²) in [5.74, 6) is 0.715. The molecule has 6 nitrogen and oxygen atoms in total. The molecule has 0 aliphatic heterocycles. The van der Waals surface area contributed by atoms with E-state index in [1.54, 1.807) is 6.08 Å². The summed E-state index contributed by atoms with van der Waals surface area (Å²) in [5, 5.41) is 15.9. The lowest BCUT2D eigenvalue weighted by Crippen LogP contribution is -2.43. The normalized spacial score (nSPS) is 12.0. The number of hydrogen-bond acceptors (Lipinski definition) is 4. The van der Waals surface area contributed by atoms with Gasteiger partial charge in [0, 0.05) is 18.7 Å². The van der Waals surface area contributed by atoms with Gasteiger partial charge in [0.25, 0.3) is 0 Å². The average molecular weight is 281 g/mol. The van der Waals surface area contributed by atoms with Gasteiger partial charge in [0.2, 0.25) is 0 Å². The van der Waals surface area contributed by atoms with Crippen molar-refractivity contribution in [3.8, 4) is 0 Å². The largest absolute Gasteiger partial charge is 0.395 e. The summed E-state index contributed by atoms with van der Waals surface area (Å²) in [4.78, 5) is 13.7. The molecule has 1 unspecified atom stereocenters. The average Bonchev–Trinajstić information content (AvgIpc) is 2.75. The van der Waals surface area contributed by atoms with Crippen LogP contribution in [0.5, 0.6) is 0 Å². The van der Waals surface area contributed by atoms with E-state index < -0.39 is 0 Å². The van der Waals surface area contributed by atoms with Crippen LogP contribution in [0.4, 0.5) is 4.79 Å². The Morgan fingerprint density at radius 2 is 2.30 bits per heavy atom. The molecule has 1 rings (SSSR count). The Bertz CT molecular complexity index is 437. The molecule has 0 saturated heterocycles. The van der Waals surface area contributed by atoms with E-state index in [2.05, 4.69) is 17.1 Å². The van der Waals surface area contributed by atoms with Gasteiger partial charge in [-0.25, -0.2) is 4.79 Å². The highest BCUT2D eigenvalue weighted by atomic mass is 16.5. The Hall–Kier alpha value is -1.82. The SMILES string of the molecule is C=CCN(CCO)C(=O)NC(CC)c1c(C)noc1C. The highest BCUT2D eigenvalue weighted by Gasteiger charge is 2.22. The first kappa shape index (κ1) is 16.2. The maximum absolute atomic E-state index is 12.2. The minimum Gasteiger partial charge on any atom is -0.395 e. The number of carbonyl (C=O) groups is 1. The molecular weight excluding hydrogens is 258 g/mol. The number of aliphatic hydroxyl groups excluding tert-OH is 1. The minimum absolute atomic E-state index is 0.0800. The predicted octanol–water partition coefficient (Wildman–Crippen LogP) is 1.93. The second kappa shape index (κ2) is 7.69. The standard InChI is InChI=1S/C14H23N3O3/c1-5-7-17(8-9-18)14(19)15-12(6-2)13-10(3)16-20-11(13)4/h5,12,18H,1,6-9H2,2-4H3,(H,15,19). The second-order valence-electron chi connectivity index (χ2n) is 4.61. The number of carbonyl (C=O) groups excluding carboxylic acids is 1. The van der Waals surface area contributed by atoms with Crippen LogP contribution in [0.3, 0.4) is 0 Å². The van der Waals surface area contributed by atoms with Crippen molar-refractivity contribution in [2.75, 3.05) is 19.7 Å². The first-order valence-corrected chi connectivity index (χ1v) is 6.75. The van der Waals surface area contributed by atoms with Crippen molar-refractivity contribution in [2.24, 2.45) is 0 Å². The first-order chi connectivity index (χ1) is 9.54. The van der Waals surface area contributed by atoms with E-state index in [1.807, 2.05) is 20.8 Å². The van der Waals surface area contributed by atoms with Crippen LogP contribution in [-0.4, -0.2) is 40.9 Å². The highest BCUT2D eigenvalue weighted by Crippen LogP contribution is 2.24. The van der Waals surface area contributed by atoms with Crippen LogP contribution in [0, 0.1) is 13.8 Å².